The molecule has 0 amide bonds. The maximum absolute atomic E-state index is 11.6. The molecular weight excluding hydrogens is 254 g/mol. The van der Waals surface area contributed by atoms with Gasteiger partial charge in [-0.15, -0.1) is 0 Å². The molecule has 0 aromatic heterocycles. The van der Waals surface area contributed by atoms with Crippen molar-refractivity contribution in [2.24, 2.45) is 0 Å². The highest BCUT2D eigenvalue weighted by atomic mass is 16.4. The Kier molecular flexibility index (Phi) is 5.04. The number of carboxylic acid groups (broad SMARTS) is 1. The fourth-order valence-corrected chi connectivity index (χ4v) is 3.99. The molecule has 1 heterocycles. The molecule has 1 saturated carbocycles. The van der Waals surface area contributed by atoms with Crippen LogP contribution in [0.1, 0.15) is 39.0 Å². The van der Waals surface area contributed by atoms with Crippen LogP contribution in [0.15, 0.2) is 0 Å². The highest BCUT2D eigenvalue weighted by molar-refractivity contribution is 5.79. The Labute approximate surface area is 122 Å². The molecule has 0 spiro atoms. The van der Waals surface area contributed by atoms with E-state index in [0.29, 0.717) is 12.1 Å². The minimum absolute atomic E-state index is 0.397. The normalized spacial score (nSPS) is 37.5. The molecular formula is C15H29N3O2. The lowest BCUT2D eigenvalue weighted by Crippen LogP contribution is -2.58. The van der Waals surface area contributed by atoms with Gasteiger partial charge < -0.3 is 15.3 Å². The Morgan fingerprint density at radius 3 is 2.75 bits per heavy atom. The van der Waals surface area contributed by atoms with Crippen LogP contribution >= 0.6 is 0 Å². The van der Waals surface area contributed by atoms with Crippen molar-refractivity contribution in [2.45, 2.75) is 56.7 Å². The number of hydrogen-bond donors (Lipinski definition) is 2. The number of likely N-dealkylation sites (N-methyl/N-ethyl adjacent to an activating group) is 2. The van der Waals surface area contributed by atoms with E-state index >= 15 is 0 Å². The van der Waals surface area contributed by atoms with Crippen molar-refractivity contribution in [3.63, 3.8) is 0 Å². The van der Waals surface area contributed by atoms with E-state index in [4.69, 9.17) is 0 Å². The van der Waals surface area contributed by atoms with Crippen molar-refractivity contribution >= 4 is 5.97 Å². The summed E-state index contributed by atoms with van der Waals surface area (Å²) in [5.41, 5.74) is -0.721. The number of carbonyl (C=O) groups is 1. The molecule has 1 aliphatic heterocycles. The number of nitrogens with zero attached hydrogens (tertiary/aromatic N) is 2. The predicted octanol–water partition coefficient (Wildman–Crippen LogP) is 0.998. The Hall–Kier alpha value is -0.650. The Morgan fingerprint density at radius 2 is 2.10 bits per heavy atom. The van der Waals surface area contributed by atoms with Crippen molar-refractivity contribution in [3.8, 4) is 0 Å². The number of carboxylic acids is 1. The van der Waals surface area contributed by atoms with Crippen LogP contribution in [0, 0.1) is 0 Å². The first-order valence-electron chi connectivity index (χ1n) is 7.85. The number of nitrogens with one attached hydrogen (secondary N) is 1. The van der Waals surface area contributed by atoms with Crippen LogP contribution in [-0.4, -0.2) is 72.2 Å². The maximum Gasteiger partial charge on any atom is 0.323 e. The molecule has 2 fully saturated rings. The van der Waals surface area contributed by atoms with Crippen molar-refractivity contribution in [3.05, 3.63) is 0 Å². The topological polar surface area (TPSA) is 55.8 Å². The summed E-state index contributed by atoms with van der Waals surface area (Å²) in [4.78, 5) is 16.6. The van der Waals surface area contributed by atoms with Gasteiger partial charge in [-0.1, -0.05) is 0 Å². The molecule has 2 aliphatic rings. The van der Waals surface area contributed by atoms with Crippen LogP contribution in [0.25, 0.3) is 0 Å². The minimum Gasteiger partial charge on any atom is -0.480 e. The highest BCUT2D eigenvalue weighted by Gasteiger charge is 2.44. The Bertz CT molecular complexity index is 350. The van der Waals surface area contributed by atoms with Gasteiger partial charge >= 0.3 is 5.97 Å². The average Bonchev–Trinajstić information content (AvgIpc) is 2.59. The summed E-state index contributed by atoms with van der Waals surface area (Å²) in [5, 5.41) is 12.7. The van der Waals surface area contributed by atoms with Crippen molar-refractivity contribution in [2.75, 3.05) is 33.7 Å². The SMILES string of the molecule is CNC1(C(=O)O)CCCC(N2CCCN(C)CC2C)C1. The molecule has 5 nitrogen and oxygen atoms in total. The van der Waals surface area contributed by atoms with Crippen LogP contribution in [0.5, 0.6) is 0 Å². The Balaban J connectivity index is 2.09. The molecule has 0 aromatic rings. The van der Waals surface area contributed by atoms with E-state index in [9.17, 15) is 9.90 Å². The second-order valence-electron chi connectivity index (χ2n) is 6.59. The standard InChI is InChI=1S/C15H29N3O2/c1-12-11-17(3)8-5-9-18(12)13-6-4-7-15(10-13,16-2)14(19)20/h12-13,16H,4-11H2,1-3H3,(H,19,20). The molecule has 3 atom stereocenters. The quantitative estimate of drug-likeness (QED) is 0.809. The van der Waals surface area contributed by atoms with Gasteiger partial charge in [0, 0.05) is 18.6 Å². The van der Waals surface area contributed by atoms with E-state index in [0.717, 1.165) is 45.3 Å². The molecule has 3 unspecified atom stereocenters. The lowest BCUT2D eigenvalue weighted by Gasteiger charge is -2.44. The van der Waals surface area contributed by atoms with Gasteiger partial charge in [-0.2, -0.15) is 0 Å². The molecule has 1 aliphatic carbocycles. The zero-order valence-electron chi connectivity index (χ0n) is 13.1. The van der Waals surface area contributed by atoms with Gasteiger partial charge in [-0.3, -0.25) is 9.69 Å². The van der Waals surface area contributed by atoms with Crippen LogP contribution in [0.3, 0.4) is 0 Å². The van der Waals surface area contributed by atoms with E-state index < -0.39 is 11.5 Å². The zero-order valence-corrected chi connectivity index (χ0v) is 13.1. The monoisotopic (exact) mass is 283 g/mol. The second kappa shape index (κ2) is 6.41. The summed E-state index contributed by atoms with van der Waals surface area (Å²) >= 11 is 0. The lowest BCUT2D eigenvalue weighted by molar-refractivity contribution is -0.147. The molecule has 5 heteroatoms. The van der Waals surface area contributed by atoms with Crippen LogP contribution in [-0.2, 0) is 4.79 Å². The van der Waals surface area contributed by atoms with Crippen LogP contribution in [0.4, 0.5) is 0 Å². The second-order valence-corrected chi connectivity index (χ2v) is 6.59. The first kappa shape index (κ1) is 15.7. The molecule has 0 aromatic carbocycles. The van der Waals surface area contributed by atoms with E-state index in [-0.39, 0.29) is 0 Å². The third-order valence-electron chi connectivity index (χ3n) is 5.18. The third-order valence-corrected chi connectivity index (χ3v) is 5.18. The lowest BCUT2D eigenvalue weighted by atomic mass is 9.78. The number of hydrogen-bond acceptors (Lipinski definition) is 4. The zero-order chi connectivity index (χ0) is 14.8. The molecule has 0 radical (unpaired) electrons. The van der Waals surface area contributed by atoms with Gasteiger partial charge in [0.25, 0.3) is 0 Å². The summed E-state index contributed by atoms with van der Waals surface area (Å²) in [5.74, 6) is -0.690. The molecule has 116 valence electrons. The molecule has 1 saturated heterocycles. The predicted molar refractivity (Wildman–Crippen MR) is 80.0 cm³/mol. The largest absolute Gasteiger partial charge is 0.480 e. The van der Waals surface area contributed by atoms with Gasteiger partial charge in [0.2, 0.25) is 0 Å². The van der Waals surface area contributed by atoms with E-state index in [1.165, 1.54) is 6.42 Å². The summed E-state index contributed by atoms with van der Waals surface area (Å²) < 4.78 is 0. The molecule has 2 rings (SSSR count). The van der Waals surface area contributed by atoms with Crippen LogP contribution < -0.4 is 5.32 Å². The smallest absolute Gasteiger partial charge is 0.323 e. The Morgan fingerprint density at radius 1 is 1.35 bits per heavy atom. The minimum atomic E-state index is -0.721. The first-order valence-corrected chi connectivity index (χ1v) is 7.85. The van der Waals surface area contributed by atoms with E-state index in [2.05, 4.69) is 29.1 Å². The third kappa shape index (κ3) is 3.15. The van der Waals surface area contributed by atoms with Crippen LogP contribution in [0.2, 0.25) is 0 Å². The fraction of sp³-hybridized carbons (Fsp3) is 0.933. The van der Waals surface area contributed by atoms with Gasteiger partial charge in [0.05, 0.1) is 0 Å². The number of rotatable bonds is 3. The summed E-state index contributed by atoms with van der Waals surface area (Å²) in [6.07, 6.45) is 4.78. The fourth-order valence-electron chi connectivity index (χ4n) is 3.99. The van der Waals surface area contributed by atoms with E-state index in [1.807, 2.05) is 0 Å². The van der Waals surface area contributed by atoms with Gasteiger partial charge in [-0.05, 0) is 66.2 Å². The van der Waals surface area contributed by atoms with Gasteiger partial charge in [-0.25, -0.2) is 0 Å². The molecule has 2 N–H and O–H groups in total. The van der Waals surface area contributed by atoms with Crippen molar-refractivity contribution in [1.82, 2.24) is 15.1 Å². The average molecular weight is 283 g/mol. The van der Waals surface area contributed by atoms with E-state index in [1.54, 1.807) is 7.05 Å². The molecule has 20 heavy (non-hydrogen) atoms. The maximum atomic E-state index is 11.6. The summed E-state index contributed by atoms with van der Waals surface area (Å²) in [6.45, 7) is 5.59. The first-order chi connectivity index (χ1) is 9.48. The molecule has 0 bridgehead atoms. The van der Waals surface area contributed by atoms with Gasteiger partial charge in [0.15, 0.2) is 0 Å². The van der Waals surface area contributed by atoms with Crippen molar-refractivity contribution in [1.29, 1.82) is 0 Å². The van der Waals surface area contributed by atoms with Gasteiger partial charge in [0.1, 0.15) is 5.54 Å². The summed E-state index contributed by atoms with van der Waals surface area (Å²) in [6, 6.07) is 0.905. The highest BCUT2D eigenvalue weighted by Crippen LogP contribution is 2.33. The number of aliphatic carboxylic acids is 1. The summed E-state index contributed by atoms with van der Waals surface area (Å²) in [7, 11) is 3.96. The van der Waals surface area contributed by atoms with Crippen molar-refractivity contribution < 1.29 is 9.90 Å².